The highest BCUT2D eigenvalue weighted by molar-refractivity contribution is 7.20. The van der Waals surface area contributed by atoms with Crippen LogP contribution in [0.3, 0.4) is 0 Å². The van der Waals surface area contributed by atoms with Gasteiger partial charge in [-0.15, -0.1) is 0 Å². The lowest BCUT2D eigenvalue weighted by molar-refractivity contribution is -0.137. The zero-order valence-corrected chi connectivity index (χ0v) is 17.0. The van der Waals surface area contributed by atoms with E-state index in [9.17, 15) is 18.8 Å². The van der Waals surface area contributed by atoms with Gasteiger partial charge in [-0.25, -0.2) is 9.37 Å². The summed E-state index contributed by atoms with van der Waals surface area (Å²) < 4.78 is 20.2. The Labute approximate surface area is 175 Å². The Bertz CT molecular complexity index is 1200. The van der Waals surface area contributed by atoms with Crippen molar-refractivity contribution >= 4 is 38.9 Å². The molecule has 2 atom stereocenters. The second-order valence-corrected chi connectivity index (χ2v) is 8.90. The molecular weight excluding hydrogens is 405 g/mol. The van der Waals surface area contributed by atoms with E-state index in [0.29, 0.717) is 35.9 Å². The Kier molecular flexibility index (Phi) is 4.50. The van der Waals surface area contributed by atoms with Crippen LogP contribution in [0, 0.1) is 30.5 Å². The van der Waals surface area contributed by atoms with Crippen molar-refractivity contribution in [2.24, 2.45) is 17.8 Å². The molecule has 1 aromatic heterocycles. The average molecular weight is 423 g/mol. The van der Waals surface area contributed by atoms with Gasteiger partial charge >= 0.3 is 0 Å². The molecule has 2 aliphatic carbocycles. The van der Waals surface area contributed by atoms with Crippen molar-refractivity contribution in [2.45, 2.75) is 26.2 Å². The largest absolute Gasteiger partial charge is 0.428 e. The number of fused-ring (bicyclic) bond motifs is 3. The van der Waals surface area contributed by atoms with E-state index in [2.05, 4.69) is 4.98 Å². The summed E-state index contributed by atoms with van der Waals surface area (Å²) in [5, 5.41) is 0.255. The van der Waals surface area contributed by atoms with Crippen LogP contribution in [0.15, 0.2) is 36.4 Å². The van der Waals surface area contributed by atoms with Gasteiger partial charge in [0.2, 0.25) is 0 Å². The molecule has 2 bridgehead atoms. The number of ketones is 3. The standard InChI is InChI=1S/C23H18FNO4S/c1-11-14(22(28)18-20(26)12-6-7-13(10-12)21(18)27)8-9-17-19(11)25-23(30-17)29-16-5-3-2-4-15(16)24/h2-5,8-9,12-13,18H,6-7,10H2,1H3. The number of hydrogen-bond donors (Lipinski definition) is 0. The molecule has 152 valence electrons. The molecule has 0 radical (unpaired) electrons. The number of hydrogen-bond acceptors (Lipinski definition) is 6. The van der Waals surface area contributed by atoms with E-state index in [1.165, 1.54) is 23.5 Å². The van der Waals surface area contributed by atoms with Crippen molar-refractivity contribution in [1.29, 1.82) is 0 Å². The third-order valence-electron chi connectivity index (χ3n) is 6.16. The van der Waals surface area contributed by atoms with Crippen molar-refractivity contribution < 1.29 is 23.5 Å². The molecule has 1 heterocycles. The first kappa shape index (κ1) is 19.1. The number of rotatable bonds is 4. The summed E-state index contributed by atoms with van der Waals surface area (Å²) in [5.74, 6) is -2.88. The Morgan fingerprint density at radius 2 is 1.80 bits per heavy atom. The van der Waals surface area contributed by atoms with E-state index < -0.39 is 17.5 Å². The molecule has 2 aromatic carbocycles. The normalized spacial score (nSPS) is 23.2. The fourth-order valence-electron chi connectivity index (χ4n) is 4.56. The zero-order chi connectivity index (χ0) is 21.0. The minimum Gasteiger partial charge on any atom is -0.428 e. The Morgan fingerprint density at radius 3 is 2.50 bits per heavy atom. The summed E-state index contributed by atoms with van der Waals surface area (Å²) in [7, 11) is 0. The van der Waals surface area contributed by atoms with E-state index in [0.717, 1.165) is 4.70 Å². The van der Waals surface area contributed by atoms with Crippen LogP contribution in [-0.4, -0.2) is 22.3 Å². The van der Waals surface area contributed by atoms with Crippen LogP contribution < -0.4 is 4.74 Å². The predicted molar refractivity (Wildman–Crippen MR) is 109 cm³/mol. The van der Waals surface area contributed by atoms with Crippen molar-refractivity contribution in [3.05, 3.63) is 53.3 Å². The number of para-hydroxylation sites is 1. The van der Waals surface area contributed by atoms with E-state index >= 15 is 0 Å². The maximum Gasteiger partial charge on any atom is 0.279 e. The summed E-state index contributed by atoms with van der Waals surface area (Å²) in [4.78, 5) is 43.0. The second kappa shape index (κ2) is 7.09. The number of benzene rings is 2. The van der Waals surface area contributed by atoms with Gasteiger partial charge < -0.3 is 4.74 Å². The van der Waals surface area contributed by atoms with Gasteiger partial charge in [0.05, 0.1) is 10.2 Å². The van der Waals surface area contributed by atoms with E-state index in [4.69, 9.17) is 4.74 Å². The third-order valence-corrected chi connectivity index (χ3v) is 7.06. The lowest BCUT2D eigenvalue weighted by Crippen LogP contribution is -2.41. The molecule has 0 aliphatic heterocycles. The number of carbonyl (C=O) groups excluding carboxylic acids is 3. The van der Waals surface area contributed by atoms with Gasteiger partial charge in [-0.1, -0.05) is 23.5 Å². The molecular formula is C23H18FNO4S. The van der Waals surface area contributed by atoms with Crippen molar-refractivity contribution in [3.63, 3.8) is 0 Å². The van der Waals surface area contributed by atoms with Crippen molar-refractivity contribution in [2.75, 3.05) is 0 Å². The maximum absolute atomic E-state index is 13.9. The number of thiazole rings is 1. The Balaban J connectivity index is 1.49. The van der Waals surface area contributed by atoms with Gasteiger partial charge in [-0.05, 0) is 56.0 Å². The highest BCUT2D eigenvalue weighted by atomic mass is 32.1. The topological polar surface area (TPSA) is 73.3 Å². The van der Waals surface area contributed by atoms with Crippen LogP contribution in [0.5, 0.6) is 10.9 Å². The lowest BCUT2D eigenvalue weighted by Gasteiger charge is -2.24. The first-order valence-corrected chi connectivity index (χ1v) is 10.7. The molecule has 2 saturated carbocycles. The zero-order valence-electron chi connectivity index (χ0n) is 16.2. The van der Waals surface area contributed by atoms with Crippen LogP contribution >= 0.6 is 11.3 Å². The Morgan fingerprint density at radius 1 is 1.10 bits per heavy atom. The maximum atomic E-state index is 13.9. The van der Waals surface area contributed by atoms with Crippen molar-refractivity contribution in [3.8, 4) is 10.9 Å². The molecule has 2 fully saturated rings. The second-order valence-electron chi connectivity index (χ2n) is 7.91. The molecule has 30 heavy (non-hydrogen) atoms. The predicted octanol–water partition coefficient (Wildman–Crippen LogP) is 4.90. The summed E-state index contributed by atoms with van der Waals surface area (Å²) in [6, 6.07) is 9.42. The summed E-state index contributed by atoms with van der Waals surface area (Å²) in [6.45, 7) is 1.74. The molecule has 2 aliphatic rings. The van der Waals surface area contributed by atoms with Gasteiger partial charge in [-0.2, -0.15) is 0 Å². The number of ether oxygens (including phenoxy) is 1. The van der Waals surface area contributed by atoms with Crippen LogP contribution in [0.1, 0.15) is 35.2 Å². The first-order chi connectivity index (χ1) is 14.4. The molecule has 0 saturated heterocycles. The van der Waals surface area contributed by atoms with E-state index in [1.54, 1.807) is 31.2 Å². The van der Waals surface area contributed by atoms with Gasteiger partial charge in [0.1, 0.15) is 5.92 Å². The minimum atomic E-state index is -1.19. The van der Waals surface area contributed by atoms with Crippen LogP contribution in [0.4, 0.5) is 4.39 Å². The number of nitrogens with zero attached hydrogens (tertiary/aromatic N) is 1. The molecule has 0 N–H and O–H groups in total. The lowest BCUT2D eigenvalue weighted by atomic mass is 9.75. The average Bonchev–Trinajstić information content (AvgIpc) is 3.35. The van der Waals surface area contributed by atoms with Gasteiger partial charge in [-0.3, -0.25) is 14.4 Å². The Hall–Kier alpha value is -2.93. The minimum absolute atomic E-state index is 0.0689. The molecule has 3 aromatic rings. The highest BCUT2D eigenvalue weighted by Crippen LogP contribution is 2.42. The molecule has 5 nitrogen and oxygen atoms in total. The molecule has 7 heteroatoms. The van der Waals surface area contributed by atoms with E-state index in [1.807, 2.05) is 0 Å². The number of carbonyl (C=O) groups is 3. The number of Topliss-reactive ketones (excluding diaryl/α,β-unsaturated/α-hetero) is 3. The molecule has 5 rings (SSSR count). The molecule has 0 amide bonds. The van der Waals surface area contributed by atoms with Crippen molar-refractivity contribution in [1.82, 2.24) is 4.98 Å². The smallest absolute Gasteiger partial charge is 0.279 e. The fourth-order valence-corrected chi connectivity index (χ4v) is 5.45. The van der Waals surface area contributed by atoms with Crippen LogP contribution in [0.2, 0.25) is 0 Å². The van der Waals surface area contributed by atoms with Crippen LogP contribution in [0.25, 0.3) is 10.2 Å². The first-order valence-electron chi connectivity index (χ1n) is 9.88. The number of aromatic nitrogens is 1. The molecule has 2 unspecified atom stereocenters. The highest BCUT2D eigenvalue weighted by Gasteiger charge is 2.50. The van der Waals surface area contributed by atoms with E-state index in [-0.39, 0.29) is 34.3 Å². The van der Waals surface area contributed by atoms with Gasteiger partial charge in [0.25, 0.3) is 5.19 Å². The number of aryl methyl sites for hydroxylation is 1. The summed E-state index contributed by atoms with van der Waals surface area (Å²) in [5.41, 5.74) is 1.48. The summed E-state index contributed by atoms with van der Waals surface area (Å²) in [6.07, 6.45) is 1.97. The monoisotopic (exact) mass is 423 g/mol. The van der Waals surface area contributed by atoms with Gasteiger partial charge in [0.15, 0.2) is 28.9 Å². The third kappa shape index (κ3) is 2.96. The van der Waals surface area contributed by atoms with Crippen LogP contribution in [-0.2, 0) is 9.59 Å². The summed E-state index contributed by atoms with van der Waals surface area (Å²) >= 11 is 1.24. The van der Waals surface area contributed by atoms with Gasteiger partial charge in [0, 0.05) is 17.4 Å². The fraction of sp³-hybridized carbons (Fsp3) is 0.304. The molecule has 0 spiro atoms. The number of halogens is 1. The SMILES string of the molecule is Cc1c(C(=O)C2C(=O)C3CCC(C3)C2=O)ccc2sc(Oc3ccccc3F)nc12. The quantitative estimate of drug-likeness (QED) is 0.441.